The summed E-state index contributed by atoms with van der Waals surface area (Å²) in [7, 11) is -4.62. The fourth-order valence-electron chi connectivity index (χ4n) is 4.11. The summed E-state index contributed by atoms with van der Waals surface area (Å²) in [5, 5.41) is 8.83. The van der Waals surface area contributed by atoms with E-state index in [0.29, 0.717) is 19.4 Å². The monoisotopic (exact) mass is 683 g/mol. The van der Waals surface area contributed by atoms with Gasteiger partial charge in [-0.05, 0) is 51.4 Å². The lowest BCUT2D eigenvalue weighted by Crippen LogP contribution is -2.34. The van der Waals surface area contributed by atoms with E-state index in [9.17, 15) is 19.0 Å². The highest BCUT2D eigenvalue weighted by molar-refractivity contribution is 7.47. The Morgan fingerprint density at radius 3 is 1.77 bits per heavy atom. The predicted octanol–water partition coefficient (Wildman–Crippen LogP) is 8.52. The van der Waals surface area contributed by atoms with Crippen molar-refractivity contribution in [3.63, 3.8) is 0 Å². The maximum absolute atomic E-state index is 12.5. The minimum absolute atomic E-state index is 0.00828. The zero-order chi connectivity index (χ0) is 34.9. The van der Waals surface area contributed by atoms with Crippen molar-refractivity contribution in [3.05, 3.63) is 60.8 Å². The van der Waals surface area contributed by atoms with Gasteiger partial charge in [-0.2, -0.15) is 0 Å². The van der Waals surface area contributed by atoms with Gasteiger partial charge in [0.25, 0.3) is 0 Å². The van der Waals surface area contributed by atoms with E-state index in [1.807, 2.05) is 6.08 Å². The average molecular weight is 684 g/mol. The number of hydrogen-bond donors (Lipinski definition) is 3. The van der Waals surface area contributed by atoms with Crippen molar-refractivity contribution in [2.75, 3.05) is 26.4 Å². The molecular formula is C36H62NO9P. The van der Waals surface area contributed by atoms with Gasteiger partial charge in [-0.15, -0.1) is 0 Å². The lowest BCUT2D eigenvalue weighted by Gasteiger charge is -2.20. The third-order valence-corrected chi connectivity index (χ3v) is 7.76. The van der Waals surface area contributed by atoms with E-state index in [-0.39, 0.29) is 13.0 Å². The van der Waals surface area contributed by atoms with E-state index in [4.69, 9.17) is 24.8 Å². The van der Waals surface area contributed by atoms with Crippen LogP contribution in [0.5, 0.6) is 0 Å². The van der Waals surface area contributed by atoms with Crippen LogP contribution in [0.2, 0.25) is 0 Å². The number of phosphoric acid groups is 1. The lowest BCUT2D eigenvalue weighted by molar-refractivity contribution is -0.154. The van der Waals surface area contributed by atoms with Crippen LogP contribution in [0.4, 0.5) is 0 Å². The van der Waals surface area contributed by atoms with Gasteiger partial charge >= 0.3 is 19.8 Å². The molecule has 270 valence electrons. The second-order valence-corrected chi connectivity index (χ2v) is 12.7. The van der Waals surface area contributed by atoms with E-state index in [1.54, 1.807) is 0 Å². The van der Waals surface area contributed by atoms with Crippen LogP contribution in [0, 0.1) is 0 Å². The van der Waals surface area contributed by atoms with E-state index in [1.165, 1.54) is 32.1 Å². The first-order valence-corrected chi connectivity index (χ1v) is 18.8. The molecule has 3 atom stereocenters. The molecule has 0 aliphatic carbocycles. The molecular weight excluding hydrogens is 621 g/mol. The summed E-state index contributed by atoms with van der Waals surface area (Å²) >= 11 is 0. The van der Waals surface area contributed by atoms with Crippen molar-refractivity contribution in [3.8, 4) is 0 Å². The fourth-order valence-corrected chi connectivity index (χ4v) is 4.89. The summed E-state index contributed by atoms with van der Waals surface area (Å²) in [5.74, 6) is -1.85. The number of esters is 1. The van der Waals surface area contributed by atoms with Crippen LogP contribution in [0.15, 0.2) is 60.8 Å². The van der Waals surface area contributed by atoms with Gasteiger partial charge in [-0.25, -0.2) is 4.57 Å². The van der Waals surface area contributed by atoms with Gasteiger partial charge in [-0.3, -0.25) is 18.6 Å². The number of carboxylic acids is 1. The van der Waals surface area contributed by atoms with Crippen LogP contribution in [0.1, 0.15) is 117 Å². The van der Waals surface area contributed by atoms with Gasteiger partial charge in [0.2, 0.25) is 0 Å². The summed E-state index contributed by atoms with van der Waals surface area (Å²) in [5.41, 5.74) is 5.31. The number of allylic oxidation sites excluding steroid dienone is 10. The van der Waals surface area contributed by atoms with Crippen molar-refractivity contribution < 1.29 is 42.7 Å². The van der Waals surface area contributed by atoms with Crippen molar-refractivity contribution in [1.29, 1.82) is 0 Å². The Labute approximate surface area is 283 Å². The van der Waals surface area contributed by atoms with Crippen LogP contribution in [-0.2, 0) is 32.7 Å². The van der Waals surface area contributed by atoms with Crippen LogP contribution in [0.25, 0.3) is 0 Å². The number of carbonyl (C=O) groups is 2. The minimum Gasteiger partial charge on any atom is -0.480 e. The summed E-state index contributed by atoms with van der Waals surface area (Å²) < 4.78 is 33.0. The molecule has 4 N–H and O–H groups in total. The number of carbonyl (C=O) groups excluding carboxylic acids is 1. The molecule has 0 heterocycles. The molecule has 0 aromatic carbocycles. The Bertz CT molecular complexity index is 978. The van der Waals surface area contributed by atoms with E-state index in [2.05, 4.69) is 73.1 Å². The molecule has 0 aromatic heterocycles. The van der Waals surface area contributed by atoms with E-state index >= 15 is 0 Å². The highest BCUT2D eigenvalue weighted by atomic mass is 31.2. The molecule has 11 heteroatoms. The van der Waals surface area contributed by atoms with E-state index < -0.39 is 45.1 Å². The number of phosphoric ester groups is 1. The molecule has 0 rings (SSSR count). The number of hydrogen-bond acceptors (Lipinski definition) is 8. The Morgan fingerprint density at radius 2 is 1.21 bits per heavy atom. The maximum Gasteiger partial charge on any atom is 0.472 e. The SMILES string of the molecule is CC/C=C\C/C=C\C/C=C\C/C=C\C/C=C\CCCC(=O)OC(COCCCCCCCCCC)COP(=O)(O)OCC(N)C(=O)O. The molecule has 0 aliphatic heterocycles. The van der Waals surface area contributed by atoms with Crippen LogP contribution in [0.3, 0.4) is 0 Å². The highest BCUT2D eigenvalue weighted by Gasteiger charge is 2.27. The molecule has 0 amide bonds. The zero-order valence-electron chi connectivity index (χ0n) is 28.8. The van der Waals surface area contributed by atoms with Crippen molar-refractivity contribution in [2.24, 2.45) is 5.73 Å². The quantitative estimate of drug-likeness (QED) is 0.0272. The summed E-state index contributed by atoms with van der Waals surface area (Å²) in [6.07, 6.45) is 35.8. The molecule has 47 heavy (non-hydrogen) atoms. The first kappa shape index (κ1) is 44.7. The molecule has 0 bridgehead atoms. The predicted molar refractivity (Wildman–Crippen MR) is 189 cm³/mol. The number of rotatable bonds is 32. The molecule has 0 saturated heterocycles. The first-order chi connectivity index (χ1) is 22.7. The van der Waals surface area contributed by atoms with E-state index in [0.717, 1.165) is 51.4 Å². The molecule has 0 radical (unpaired) electrons. The van der Waals surface area contributed by atoms with Crippen LogP contribution >= 0.6 is 7.82 Å². The third kappa shape index (κ3) is 32.0. The van der Waals surface area contributed by atoms with Gasteiger partial charge < -0.3 is 25.2 Å². The average Bonchev–Trinajstić information content (AvgIpc) is 3.04. The lowest BCUT2D eigenvalue weighted by atomic mass is 10.1. The Hall–Kier alpha value is -2.33. The molecule has 0 aromatic rings. The molecule has 0 aliphatic rings. The van der Waals surface area contributed by atoms with Crippen molar-refractivity contribution in [2.45, 2.75) is 129 Å². The van der Waals surface area contributed by atoms with Crippen LogP contribution < -0.4 is 5.73 Å². The normalized spacial score (nSPS) is 15.0. The molecule has 0 spiro atoms. The first-order valence-electron chi connectivity index (χ1n) is 17.3. The summed E-state index contributed by atoms with van der Waals surface area (Å²) in [6.45, 7) is 3.62. The standard InChI is InChI=1S/C36H62NO9P/c1-3-5-7-9-11-13-14-15-16-17-18-19-20-21-22-24-26-28-35(38)46-33(30-43-29-27-25-23-12-10-8-6-4-2)31-44-47(41,42)45-32-34(37)36(39)40/h5,7,11,13,15-16,18-19,21-22,33-34H,3-4,6,8-10,12,14,17,20,23-32,37H2,1-2H3,(H,39,40)(H,41,42)/b7-5-,13-11-,16-15-,19-18-,22-21-. The third-order valence-electron chi connectivity index (χ3n) is 6.81. The number of ether oxygens (including phenoxy) is 2. The van der Waals surface area contributed by atoms with Crippen molar-refractivity contribution >= 4 is 19.8 Å². The largest absolute Gasteiger partial charge is 0.480 e. The van der Waals surface area contributed by atoms with Gasteiger partial charge in [0.1, 0.15) is 12.1 Å². The van der Waals surface area contributed by atoms with Crippen LogP contribution in [-0.4, -0.2) is 60.5 Å². The molecule has 0 saturated carbocycles. The Balaban J connectivity index is 4.44. The number of carboxylic acid groups (broad SMARTS) is 1. The fraction of sp³-hybridized carbons (Fsp3) is 0.667. The smallest absolute Gasteiger partial charge is 0.472 e. The Morgan fingerprint density at radius 1 is 0.702 bits per heavy atom. The highest BCUT2D eigenvalue weighted by Crippen LogP contribution is 2.43. The molecule has 10 nitrogen and oxygen atoms in total. The van der Waals surface area contributed by atoms with Gasteiger partial charge in [0, 0.05) is 13.0 Å². The zero-order valence-corrected chi connectivity index (χ0v) is 29.7. The molecule has 0 fully saturated rings. The van der Waals surface area contributed by atoms with Gasteiger partial charge in [0.15, 0.2) is 0 Å². The molecule has 3 unspecified atom stereocenters. The summed E-state index contributed by atoms with van der Waals surface area (Å²) in [4.78, 5) is 33.2. The second kappa shape index (κ2) is 32.2. The number of aliphatic carboxylic acids is 1. The summed E-state index contributed by atoms with van der Waals surface area (Å²) in [6, 6.07) is -1.48. The number of unbranched alkanes of at least 4 members (excludes halogenated alkanes) is 8. The maximum atomic E-state index is 12.5. The topological polar surface area (TPSA) is 155 Å². The number of nitrogens with two attached hydrogens (primary N) is 1. The van der Waals surface area contributed by atoms with Gasteiger partial charge in [-0.1, -0.05) is 120 Å². The Kier molecular flexibility index (Phi) is 30.6. The minimum atomic E-state index is -4.62. The van der Waals surface area contributed by atoms with Crippen molar-refractivity contribution in [1.82, 2.24) is 0 Å². The second-order valence-electron chi connectivity index (χ2n) is 11.3. The van der Waals surface area contributed by atoms with Gasteiger partial charge in [0.05, 0.1) is 19.8 Å².